The number of terminal acetylenes is 1. The molecule has 0 amide bonds. The molecule has 0 heterocycles. The summed E-state index contributed by atoms with van der Waals surface area (Å²) in [4.78, 5) is 0. The van der Waals surface area contributed by atoms with Gasteiger partial charge in [0.25, 0.3) is 0 Å². The number of hydrogen-bond donors (Lipinski definition) is 1. The van der Waals surface area contributed by atoms with E-state index in [0.717, 1.165) is 22.3 Å². The van der Waals surface area contributed by atoms with Gasteiger partial charge in [0, 0.05) is 12.3 Å². The maximum absolute atomic E-state index is 10.4. The van der Waals surface area contributed by atoms with Crippen molar-refractivity contribution < 1.29 is 5.11 Å². The number of rotatable bonds is 2. The molecule has 1 N–H and O–H groups in total. The minimum atomic E-state index is -0.602. The second-order valence-electron chi connectivity index (χ2n) is 4.95. The zero-order valence-corrected chi connectivity index (χ0v) is 10.9. The third-order valence-corrected chi connectivity index (χ3v) is 3.82. The Morgan fingerprint density at radius 1 is 1.15 bits per heavy atom. The Bertz CT molecular complexity index is 749. The Labute approximate surface area is 118 Å². The van der Waals surface area contributed by atoms with E-state index in [1.54, 1.807) is 6.07 Å². The van der Waals surface area contributed by atoms with Gasteiger partial charge in [-0.3, -0.25) is 0 Å². The van der Waals surface area contributed by atoms with Crippen LogP contribution >= 0.6 is 0 Å². The van der Waals surface area contributed by atoms with Crippen molar-refractivity contribution in [1.82, 2.24) is 0 Å². The smallest absolute Gasteiger partial charge is 0.0991 e. The van der Waals surface area contributed by atoms with Crippen LogP contribution in [-0.4, -0.2) is 11.2 Å². The molecule has 1 aliphatic carbocycles. The van der Waals surface area contributed by atoms with Gasteiger partial charge in [0.15, 0.2) is 0 Å². The summed E-state index contributed by atoms with van der Waals surface area (Å²) in [5, 5.41) is 19.4. The van der Waals surface area contributed by atoms with Crippen LogP contribution in [0.15, 0.2) is 42.5 Å². The van der Waals surface area contributed by atoms with Crippen molar-refractivity contribution in [2.24, 2.45) is 0 Å². The van der Waals surface area contributed by atoms with Crippen molar-refractivity contribution in [1.29, 1.82) is 5.26 Å². The minimum absolute atomic E-state index is 0.106. The monoisotopic (exact) mass is 259 g/mol. The van der Waals surface area contributed by atoms with Crippen LogP contribution in [0.3, 0.4) is 0 Å². The maximum atomic E-state index is 10.4. The lowest BCUT2D eigenvalue weighted by Gasteiger charge is -2.18. The van der Waals surface area contributed by atoms with Crippen molar-refractivity contribution in [3.63, 3.8) is 0 Å². The summed E-state index contributed by atoms with van der Waals surface area (Å²) in [5.41, 5.74) is 4.88. The van der Waals surface area contributed by atoms with Crippen molar-refractivity contribution in [2.45, 2.75) is 18.4 Å². The predicted octanol–water partition coefficient (Wildman–Crippen LogP) is 3.05. The van der Waals surface area contributed by atoms with Crippen LogP contribution in [0.2, 0.25) is 0 Å². The molecule has 2 atom stereocenters. The van der Waals surface area contributed by atoms with Gasteiger partial charge in [0.05, 0.1) is 17.7 Å². The Hall–Kier alpha value is -2.55. The molecule has 2 nitrogen and oxygen atoms in total. The highest BCUT2D eigenvalue weighted by molar-refractivity contribution is 5.80. The van der Waals surface area contributed by atoms with Crippen LogP contribution in [0.5, 0.6) is 0 Å². The third kappa shape index (κ3) is 1.79. The summed E-state index contributed by atoms with van der Waals surface area (Å²) in [6, 6.07) is 15.7. The minimum Gasteiger partial charge on any atom is -0.391 e. The maximum Gasteiger partial charge on any atom is 0.0991 e. The summed E-state index contributed by atoms with van der Waals surface area (Å²) in [5.74, 6) is 2.42. The van der Waals surface area contributed by atoms with Crippen molar-refractivity contribution in [3.8, 4) is 29.5 Å². The summed E-state index contributed by atoms with van der Waals surface area (Å²) < 4.78 is 0. The lowest BCUT2D eigenvalue weighted by Crippen LogP contribution is -2.17. The van der Waals surface area contributed by atoms with E-state index in [0.29, 0.717) is 12.0 Å². The highest BCUT2D eigenvalue weighted by Crippen LogP contribution is 2.46. The molecule has 0 spiro atoms. The molecule has 2 unspecified atom stereocenters. The lowest BCUT2D eigenvalue weighted by molar-refractivity contribution is 0.163. The van der Waals surface area contributed by atoms with Crippen molar-refractivity contribution >= 4 is 0 Å². The Morgan fingerprint density at radius 2 is 1.90 bits per heavy atom. The molecule has 20 heavy (non-hydrogen) atoms. The number of benzene rings is 2. The topological polar surface area (TPSA) is 44.0 Å². The SMILES string of the molecule is C#CCC(O)C1c2ccccc2-c2cc(C#N)ccc21. The third-order valence-electron chi connectivity index (χ3n) is 3.82. The van der Waals surface area contributed by atoms with Gasteiger partial charge in [-0.1, -0.05) is 30.3 Å². The molecular weight excluding hydrogens is 246 g/mol. The highest BCUT2D eigenvalue weighted by atomic mass is 16.3. The Morgan fingerprint density at radius 3 is 2.65 bits per heavy atom. The molecule has 0 saturated carbocycles. The van der Waals surface area contributed by atoms with Gasteiger partial charge < -0.3 is 5.11 Å². The fourth-order valence-corrected chi connectivity index (χ4v) is 2.96. The molecule has 0 aliphatic heterocycles. The quantitative estimate of drug-likeness (QED) is 0.842. The second-order valence-corrected chi connectivity index (χ2v) is 4.95. The molecule has 0 radical (unpaired) electrons. The standard InChI is InChI=1S/C18H13NO/c1-2-5-17(20)18-14-7-4-3-6-13(14)16-10-12(11-19)8-9-15(16)18/h1,3-4,6-10,17-18,20H,5H2. The van der Waals surface area contributed by atoms with Crippen LogP contribution in [0.25, 0.3) is 11.1 Å². The van der Waals surface area contributed by atoms with Crippen LogP contribution in [0, 0.1) is 23.7 Å². The van der Waals surface area contributed by atoms with Crippen molar-refractivity contribution in [3.05, 3.63) is 59.2 Å². The number of nitriles is 1. The van der Waals surface area contributed by atoms with E-state index in [1.165, 1.54) is 0 Å². The molecule has 0 aromatic heterocycles. The van der Waals surface area contributed by atoms with Gasteiger partial charge in [-0.2, -0.15) is 5.26 Å². The normalized spacial score (nSPS) is 16.6. The molecule has 3 rings (SSSR count). The van der Waals surface area contributed by atoms with Gasteiger partial charge in [-0.25, -0.2) is 0 Å². The van der Waals surface area contributed by atoms with Gasteiger partial charge in [0.1, 0.15) is 0 Å². The molecular formula is C18H13NO. The summed E-state index contributed by atoms with van der Waals surface area (Å²) in [7, 11) is 0. The van der Waals surface area contributed by atoms with Gasteiger partial charge in [-0.05, 0) is 34.4 Å². The first-order chi connectivity index (χ1) is 9.76. The van der Waals surface area contributed by atoms with Crippen LogP contribution in [-0.2, 0) is 0 Å². The van der Waals surface area contributed by atoms with E-state index in [1.807, 2.05) is 36.4 Å². The molecule has 2 heteroatoms. The number of aliphatic hydroxyl groups is 1. The van der Waals surface area contributed by atoms with Gasteiger partial charge in [-0.15, -0.1) is 12.3 Å². The van der Waals surface area contributed by atoms with Crippen molar-refractivity contribution in [2.75, 3.05) is 0 Å². The lowest BCUT2D eigenvalue weighted by atomic mass is 9.89. The van der Waals surface area contributed by atoms with E-state index < -0.39 is 6.10 Å². The first-order valence-electron chi connectivity index (χ1n) is 6.51. The fraction of sp³-hybridized carbons (Fsp3) is 0.167. The Kier molecular flexibility index (Phi) is 3.03. The molecule has 2 aromatic rings. The number of nitrogens with zero attached hydrogens (tertiary/aromatic N) is 1. The fourth-order valence-electron chi connectivity index (χ4n) is 2.96. The number of hydrogen-bond acceptors (Lipinski definition) is 2. The highest BCUT2D eigenvalue weighted by Gasteiger charge is 2.33. The molecule has 2 aromatic carbocycles. The van der Waals surface area contributed by atoms with Crippen LogP contribution in [0.4, 0.5) is 0 Å². The van der Waals surface area contributed by atoms with E-state index in [9.17, 15) is 5.11 Å². The largest absolute Gasteiger partial charge is 0.391 e. The van der Waals surface area contributed by atoms with E-state index >= 15 is 0 Å². The molecule has 0 saturated heterocycles. The molecule has 0 bridgehead atoms. The van der Waals surface area contributed by atoms with Gasteiger partial charge >= 0.3 is 0 Å². The molecule has 0 fully saturated rings. The molecule has 1 aliphatic rings. The first kappa shape index (κ1) is 12.5. The van der Waals surface area contributed by atoms with Crippen LogP contribution < -0.4 is 0 Å². The van der Waals surface area contributed by atoms with Gasteiger partial charge in [0.2, 0.25) is 0 Å². The average molecular weight is 259 g/mol. The molecule has 96 valence electrons. The predicted molar refractivity (Wildman–Crippen MR) is 77.9 cm³/mol. The average Bonchev–Trinajstić information content (AvgIpc) is 2.81. The second kappa shape index (κ2) is 4.85. The zero-order chi connectivity index (χ0) is 14.1. The summed E-state index contributed by atoms with van der Waals surface area (Å²) in [6.45, 7) is 0. The van der Waals surface area contributed by atoms with E-state index in [4.69, 9.17) is 11.7 Å². The van der Waals surface area contributed by atoms with Crippen LogP contribution in [0.1, 0.15) is 29.0 Å². The number of aliphatic hydroxyl groups excluding tert-OH is 1. The first-order valence-corrected chi connectivity index (χ1v) is 6.51. The Balaban J connectivity index is 2.21. The number of fused-ring (bicyclic) bond motifs is 3. The van der Waals surface area contributed by atoms with E-state index in [-0.39, 0.29) is 5.92 Å². The summed E-state index contributed by atoms with van der Waals surface area (Å²) in [6.07, 6.45) is 5.05. The van der Waals surface area contributed by atoms with E-state index in [2.05, 4.69) is 12.0 Å². The summed E-state index contributed by atoms with van der Waals surface area (Å²) >= 11 is 0. The zero-order valence-electron chi connectivity index (χ0n) is 10.9.